The van der Waals surface area contributed by atoms with Crippen LogP contribution < -0.4 is 10.2 Å². The van der Waals surface area contributed by atoms with Crippen LogP contribution in [0.4, 0.5) is 11.4 Å². The Hall–Kier alpha value is -4.53. The van der Waals surface area contributed by atoms with Gasteiger partial charge in [0, 0.05) is 33.7 Å². The third-order valence-electron chi connectivity index (χ3n) is 6.73. The van der Waals surface area contributed by atoms with Crippen LogP contribution in [0.1, 0.15) is 22.3 Å². The molecule has 0 bridgehead atoms. The van der Waals surface area contributed by atoms with E-state index in [-0.39, 0.29) is 28.3 Å². The van der Waals surface area contributed by atoms with E-state index >= 15 is 0 Å². The fourth-order valence-electron chi connectivity index (χ4n) is 4.29. The van der Waals surface area contributed by atoms with Crippen molar-refractivity contribution in [3.63, 3.8) is 0 Å². The molecule has 6 aromatic rings. The number of hydrogen-bond acceptors (Lipinski definition) is 6. The maximum Gasteiger partial charge on any atom is 2.00 e. The average molecular weight is 696 g/mol. The van der Waals surface area contributed by atoms with Crippen molar-refractivity contribution < 1.29 is 27.0 Å². The van der Waals surface area contributed by atoms with E-state index in [2.05, 4.69) is 46.4 Å². The maximum atomic E-state index is 11.7. The first kappa shape index (κ1) is 35.3. The SMILES string of the molecule is [Co+2].[O-]c1ccccc1C=Nc1ccccc1SCc1ccccc1.[O-]c1ccccc1C=Nc1ccccc1SCc1ccccc1. The van der Waals surface area contributed by atoms with Gasteiger partial charge in [0.1, 0.15) is 0 Å². The summed E-state index contributed by atoms with van der Waals surface area (Å²) in [5.74, 6) is 1.77. The fraction of sp³-hybridized carbons (Fsp3) is 0.0500. The van der Waals surface area contributed by atoms with E-state index in [9.17, 15) is 10.2 Å². The van der Waals surface area contributed by atoms with E-state index in [0.717, 1.165) is 32.7 Å². The quantitative estimate of drug-likeness (QED) is 0.106. The van der Waals surface area contributed by atoms with Crippen molar-refractivity contribution in [3.8, 4) is 11.5 Å². The molecule has 7 heteroatoms. The van der Waals surface area contributed by atoms with Crippen molar-refractivity contribution in [3.05, 3.63) is 180 Å². The van der Waals surface area contributed by atoms with Gasteiger partial charge in [0.15, 0.2) is 0 Å². The first-order valence-electron chi connectivity index (χ1n) is 14.8. The summed E-state index contributed by atoms with van der Waals surface area (Å²) in [6, 6.07) is 50.5. The molecule has 6 rings (SSSR count). The Morgan fingerprint density at radius 3 is 1.17 bits per heavy atom. The standard InChI is InChI=1S/2C20H17NOS.Co/c2*22-19-12-6-4-10-17(19)14-21-18-11-5-7-13-20(18)23-15-16-8-2-1-3-9-16;/h2*1-14,22H,15H2;/q;;+2/p-2. The number of para-hydroxylation sites is 4. The number of nitrogens with zero attached hydrogens (tertiary/aromatic N) is 2. The van der Waals surface area contributed by atoms with Gasteiger partial charge in [0.25, 0.3) is 0 Å². The van der Waals surface area contributed by atoms with Gasteiger partial charge in [-0.1, -0.05) is 133 Å². The number of benzene rings is 6. The summed E-state index contributed by atoms with van der Waals surface area (Å²) in [4.78, 5) is 11.2. The van der Waals surface area contributed by atoms with Crippen LogP contribution in [-0.2, 0) is 28.3 Å². The van der Waals surface area contributed by atoms with Crippen LogP contribution >= 0.6 is 23.5 Å². The molecule has 0 aliphatic carbocycles. The molecular formula is C40H32CoN2O2S2. The van der Waals surface area contributed by atoms with Gasteiger partial charge in [0.2, 0.25) is 0 Å². The van der Waals surface area contributed by atoms with Gasteiger partial charge >= 0.3 is 16.8 Å². The van der Waals surface area contributed by atoms with Crippen LogP contribution in [0, 0.1) is 0 Å². The van der Waals surface area contributed by atoms with Crippen LogP contribution in [0.15, 0.2) is 178 Å². The van der Waals surface area contributed by atoms with Crippen LogP contribution in [-0.4, -0.2) is 12.4 Å². The normalized spacial score (nSPS) is 10.7. The predicted molar refractivity (Wildman–Crippen MR) is 191 cm³/mol. The molecule has 0 amide bonds. The molecular weight excluding hydrogens is 664 g/mol. The second kappa shape index (κ2) is 19.2. The zero-order valence-corrected chi connectivity index (χ0v) is 28.1. The van der Waals surface area contributed by atoms with Crippen LogP contribution in [0.3, 0.4) is 0 Å². The van der Waals surface area contributed by atoms with E-state index in [0.29, 0.717) is 11.1 Å². The summed E-state index contributed by atoms with van der Waals surface area (Å²) in [6.45, 7) is 0. The zero-order chi connectivity index (χ0) is 31.8. The van der Waals surface area contributed by atoms with Gasteiger partial charge in [-0.05, 0) is 46.5 Å². The number of aliphatic imine (C=N–C) groups is 2. The Kier molecular flexibility index (Phi) is 14.4. The largest absolute Gasteiger partial charge is 2.00 e. The molecule has 0 unspecified atom stereocenters. The van der Waals surface area contributed by atoms with Crippen molar-refractivity contribution in [1.82, 2.24) is 0 Å². The van der Waals surface area contributed by atoms with Gasteiger partial charge in [-0.15, -0.1) is 35.0 Å². The summed E-state index contributed by atoms with van der Waals surface area (Å²) in [7, 11) is 0. The number of thioether (sulfide) groups is 2. The summed E-state index contributed by atoms with van der Waals surface area (Å²) >= 11 is 3.50. The zero-order valence-electron chi connectivity index (χ0n) is 25.4. The van der Waals surface area contributed by atoms with Crippen molar-refractivity contribution in [1.29, 1.82) is 0 Å². The maximum absolute atomic E-state index is 11.7. The van der Waals surface area contributed by atoms with E-state index in [1.807, 2.05) is 84.9 Å². The molecule has 0 heterocycles. The third kappa shape index (κ3) is 11.3. The Bertz CT molecular complexity index is 1740. The predicted octanol–water partition coefficient (Wildman–Crippen LogP) is 9.60. The molecule has 47 heavy (non-hydrogen) atoms. The third-order valence-corrected chi connectivity index (χ3v) is 9.00. The van der Waals surface area contributed by atoms with E-state index < -0.39 is 0 Å². The summed E-state index contributed by atoms with van der Waals surface area (Å²) < 4.78 is 0. The smallest absolute Gasteiger partial charge is 0.872 e. The first-order chi connectivity index (χ1) is 22.7. The minimum Gasteiger partial charge on any atom is -0.872 e. The van der Waals surface area contributed by atoms with Crippen molar-refractivity contribution in [2.75, 3.05) is 0 Å². The van der Waals surface area contributed by atoms with E-state index in [4.69, 9.17) is 0 Å². The minimum absolute atomic E-state index is 0. The molecule has 0 saturated heterocycles. The monoisotopic (exact) mass is 695 g/mol. The molecule has 0 atom stereocenters. The summed E-state index contributed by atoms with van der Waals surface area (Å²) in [5, 5.41) is 23.5. The van der Waals surface area contributed by atoms with Gasteiger partial charge in [-0.2, -0.15) is 0 Å². The molecule has 0 aliphatic rings. The molecule has 0 aliphatic heterocycles. The summed E-state index contributed by atoms with van der Waals surface area (Å²) in [6.07, 6.45) is 3.29. The van der Waals surface area contributed by atoms with Crippen LogP contribution in [0.5, 0.6) is 11.5 Å². The second-order valence-corrected chi connectivity index (χ2v) is 12.1. The molecule has 1 radical (unpaired) electrons. The van der Waals surface area contributed by atoms with E-state index in [1.165, 1.54) is 11.1 Å². The molecule has 0 spiro atoms. The molecule has 4 nitrogen and oxygen atoms in total. The van der Waals surface area contributed by atoms with Gasteiger partial charge in [-0.25, -0.2) is 0 Å². The Labute approximate surface area is 295 Å². The molecule has 6 aromatic carbocycles. The average Bonchev–Trinajstić information content (AvgIpc) is 3.11. The van der Waals surface area contributed by atoms with E-state index in [1.54, 1.807) is 72.4 Å². The Morgan fingerprint density at radius 1 is 0.426 bits per heavy atom. The van der Waals surface area contributed by atoms with Crippen molar-refractivity contribution >= 4 is 47.3 Å². The Balaban J connectivity index is 0.000000208. The molecule has 0 aromatic heterocycles. The first-order valence-corrected chi connectivity index (χ1v) is 16.7. The van der Waals surface area contributed by atoms with Crippen LogP contribution in [0.2, 0.25) is 0 Å². The molecule has 0 saturated carbocycles. The fourth-order valence-corrected chi connectivity index (χ4v) is 6.21. The Morgan fingerprint density at radius 2 is 0.766 bits per heavy atom. The number of hydrogen-bond donors (Lipinski definition) is 0. The van der Waals surface area contributed by atoms with Gasteiger partial charge in [-0.3, -0.25) is 9.98 Å². The second-order valence-electron chi connectivity index (χ2n) is 10.1. The minimum atomic E-state index is -0.00864. The van der Waals surface area contributed by atoms with Gasteiger partial charge in [0.05, 0.1) is 11.4 Å². The van der Waals surface area contributed by atoms with Gasteiger partial charge < -0.3 is 10.2 Å². The number of rotatable bonds is 10. The van der Waals surface area contributed by atoms with Crippen LogP contribution in [0.25, 0.3) is 0 Å². The topological polar surface area (TPSA) is 70.8 Å². The van der Waals surface area contributed by atoms with Crippen molar-refractivity contribution in [2.45, 2.75) is 21.3 Å². The van der Waals surface area contributed by atoms with Crippen molar-refractivity contribution in [2.24, 2.45) is 9.98 Å². The molecule has 0 fully saturated rings. The molecule has 0 N–H and O–H groups in total. The summed E-state index contributed by atoms with van der Waals surface area (Å²) in [5.41, 5.74) is 5.54. The molecule has 235 valence electrons.